The largest absolute Gasteiger partial charge is 0.454 e. The van der Waals surface area contributed by atoms with Crippen LogP contribution < -0.4 is 25.4 Å². The smallest absolute Gasteiger partial charge is 0.251 e. The topological polar surface area (TPSA) is 109 Å². The van der Waals surface area contributed by atoms with E-state index >= 15 is 0 Å². The van der Waals surface area contributed by atoms with Crippen LogP contribution in [0.1, 0.15) is 15.9 Å². The third kappa shape index (κ3) is 5.69. The molecule has 0 aliphatic carbocycles. The molecule has 1 heterocycles. The average Bonchev–Trinajstić information content (AvgIpc) is 3.22. The van der Waals surface area contributed by atoms with Gasteiger partial charge in [-0.1, -0.05) is 30.3 Å². The second kappa shape index (κ2) is 9.90. The number of amides is 2. The maximum absolute atomic E-state index is 12.4. The number of aliphatic hydroxyl groups is 1. The molecule has 8 heteroatoms. The van der Waals surface area contributed by atoms with E-state index in [2.05, 4.69) is 16.0 Å². The van der Waals surface area contributed by atoms with Gasteiger partial charge in [-0.2, -0.15) is 0 Å². The van der Waals surface area contributed by atoms with E-state index in [-0.39, 0.29) is 31.7 Å². The Kier molecular flexibility index (Phi) is 7.04. The highest BCUT2D eigenvalue weighted by Crippen LogP contribution is 2.32. The number of aliphatic hydroxyl groups excluding tert-OH is 1. The minimum atomic E-state index is -0.911. The quantitative estimate of drug-likeness (QED) is 0.488. The predicted octanol–water partition coefficient (Wildman–Crippen LogP) is 0.453. The van der Waals surface area contributed by atoms with Crippen LogP contribution in [0.3, 0.4) is 0 Å². The maximum atomic E-state index is 12.4. The van der Waals surface area contributed by atoms with E-state index in [0.29, 0.717) is 23.5 Å². The number of rotatable bonds is 9. The van der Waals surface area contributed by atoms with Crippen molar-refractivity contribution in [2.24, 2.45) is 0 Å². The number of likely N-dealkylation sites (N-methyl/N-ethyl adjacent to an activating group) is 1. The molecule has 2 amide bonds. The van der Waals surface area contributed by atoms with Gasteiger partial charge in [0.25, 0.3) is 5.91 Å². The van der Waals surface area contributed by atoms with E-state index in [0.717, 1.165) is 5.56 Å². The highest BCUT2D eigenvalue weighted by atomic mass is 16.7. The Hall–Kier alpha value is -3.10. The second-order valence-corrected chi connectivity index (χ2v) is 6.71. The zero-order valence-electron chi connectivity index (χ0n) is 16.2. The molecule has 1 unspecified atom stereocenters. The maximum Gasteiger partial charge on any atom is 0.251 e. The van der Waals surface area contributed by atoms with Gasteiger partial charge in [0.05, 0.1) is 12.1 Å². The van der Waals surface area contributed by atoms with Gasteiger partial charge in [-0.25, -0.2) is 0 Å². The molecule has 2 aromatic carbocycles. The molecule has 8 nitrogen and oxygen atoms in total. The van der Waals surface area contributed by atoms with Crippen molar-refractivity contribution in [2.75, 3.05) is 26.9 Å². The first-order valence-electron chi connectivity index (χ1n) is 9.41. The molecule has 0 radical (unpaired) electrons. The van der Waals surface area contributed by atoms with Crippen LogP contribution in [0.15, 0.2) is 48.5 Å². The molecule has 2 aromatic rings. The van der Waals surface area contributed by atoms with Crippen molar-refractivity contribution >= 4 is 11.8 Å². The highest BCUT2D eigenvalue weighted by molar-refractivity contribution is 5.95. The first kappa shape index (κ1) is 20.6. The fourth-order valence-corrected chi connectivity index (χ4v) is 2.94. The summed E-state index contributed by atoms with van der Waals surface area (Å²) in [5.74, 6) is 0.559. The standard InChI is InChI=1S/C21H25N3O5/c1-22-17(9-14-5-3-2-4-6-14)21(27)24-12-16(25)11-23-20(26)15-7-8-18-19(10-15)29-13-28-18/h2-8,10,16-17,22,25H,9,11-13H2,1H3,(H,23,26)(H,24,27)/t16?,17-/m1/s1. The number of carbonyl (C=O) groups is 2. The first-order valence-corrected chi connectivity index (χ1v) is 9.41. The first-order chi connectivity index (χ1) is 14.1. The molecule has 1 aliphatic heterocycles. The summed E-state index contributed by atoms with van der Waals surface area (Å²) in [6.07, 6.45) is -0.369. The molecular weight excluding hydrogens is 374 g/mol. The Balaban J connectivity index is 1.42. The summed E-state index contributed by atoms with van der Waals surface area (Å²) in [4.78, 5) is 24.6. The summed E-state index contributed by atoms with van der Waals surface area (Å²) in [5.41, 5.74) is 1.45. The van der Waals surface area contributed by atoms with Crippen LogP contribution in [-0.2, 0) is 11.2 Å². The van der Waals surface area contributed by atoms with E-state index in [1.54, 1.807) is 25.2 Å². The third-order valence-corrected chi connectivity index (χ3v) is 4.59. The summed E-state index contributed by atoms with van der Waals surface area (Å²) in [7, 11) is 1.72. The lowest BCUT2D eigenvalue weighted by molar-refractivity contribution is -0.123. The molecule has 1 aliphatic rings. The number of nitrogens with one attached hydrogen (secondary N) is 3. The van der Waals surface area contributed by atoms with Gasteiger partial charge in [-0.3, -0.25) is 9.59 Å². The van der Waals surface area contributed by atoms with Gasteiger partial charge in [0, 0.05) is 18.7 Å². The van der Waals surface area contributed by atoms with Crippen molar-refractivity contribution in [3.8, 4) is 11.5 Å². The Morgan fingerprint density at radius 1 is 1.03 bits per heavy atom. The Labute approximate surface area is 169 Å². The van der Waals surface area contributed by atoms with Crippen LogP contribution in [0.25, 0.3) is 0 Å². The molecule has 0 fully saturated rings. The lowest BCUT2D eigenvalue weighted by atomic mass is 10.1. The van der Waals surface area contributed by atoms with Gasteiger partial charge < -0.3 is 30.5 Å². The zero-order chi connectivity index (χ0) is 20.6. The van der Waals surface area contributed by atoms with Crippen LogP contribution in [0.4, 0.5) is 0 Å². The van der Waals surface area contributed by atoms with Gasteiger partial charge in [0.2, 0.25) is 12.7 Å². The highest BCUT2D eigenvalue weighted by Gasteiger charge is 2.19. The number of carbonyl (C=O) groups excluding carboxylic acids is 2. The SMILES string of the molecule is CN[C@H](Cc1ccccc1)C(=O)NCC(O)CNC(=O)c1ccc2c(c1)OCO2. The van der Waals surface area contributed by atoms with Crippen molar-refractivity contribution < 1.29 is 24.2 Å². The van der Waals surface area contributed by atoms with Crippen LogP contribution in [0.2, 0.25) is 0 Å². The summed E-state index contributed by atoms with van der Waals surface area (Å²) < 4.78 is 10.5. The fraction of sp³-hybridized carbons (Fsp3) is 0.333. The molecule has 0 spiro atoms. The van der Waals surface area contributed by atoms with Gasteiger partial charge in [-0.05, 0) is 37.2 Å². The molecular formula is C21H25N3O5. The summed E-state index contributed by atoms with van der Waals surface area (Å²) in [5, 5.41) is 18.4. The molecule has 3 rings (SSSR count). The number of hydrogen-bond acceptors (Lipinski definition) is 6. The zero-order valence-corrected chi connectivity index (χ0v) is 16.2. The molecule has 0 bridgehead atoms. The van der Waals surface area contributed by atoms with Crippen LogP contribution in [-0.4, -0.2) is 56.0 Å². The van der Waals surface area contributed by atoms with Crippen molar-refractivity contribution in [2.45, 2.75) is 18.6 Å². The van der Waals surface area contributed by atoms with Crippen molar-refractivity contribution in [1.29, 1.82) is 0 Å². The Morgan fingerprint density at radius 2 is 1.76 bits per heavy atom. The fourth-order valence-electron chi connectivity index (χ4n) is 2.94. The van der Waals surface area contributed by atoms with Crippen LogP contribution >= 0.6 is 0 Å². The van der Waals surface area contributed by atoms with Gasteiger partial charge >= 0.3 is 0 Å². The van der Waals surface area contributed by atoms with E-state index < -0.39 is 12.1 Å². The van der Waals surface area contributed by atoms with E-state index in [9.17, 15) is 14.7 Å². The Morgan fingerprint density at radius 3 is 2.52 bits per heavy atom. The van der Waals surface area contributed by atoms with E-state index in [1.165, 1.54) is 0 Å². The molecule has 0 aromatic heterocycles. The van der Waals surface area contributed by atoms with Crippen LogP contribution in [0.5, 0.6) is 11.5 Å². The Bertz CT molecular complexity index is 843. The predicted molar refractivity (Wildman–Crippen MR) is 107 cm³/mol. The van der Waals surface area contributed by atoms with Crippen molar-refractivity contribution in [3.05, 3.63) is 59.7 Å². The molecule has 0 saturated carbocycles. The van der Waals surface area contributed by atoms with E-state index in [1.807, 2.05) is 30.3 Å². The van der Waals surface area contributed by atoms with Crippen molar-refractivity contribution in [1.82, 2.24) is 16.0 Å². The lowest BCUT2D eigenvalue weighted by Gasteiger charge is -2.18. The lowest BCUT2D eigenvalue weighted by Crippen LogP contribution is -2.47. The number of fused-ring (bicyclic) bond motifs is 1. The summed E-state index contributed by atoms with van der Waals surface area (Å²) in [6, 6.07) is 14.2. The van der Waals surface area contributed by atoms with E-state index in [4.69, 9.17) is 9.47 Å². The molecule has 2 atom stereocenters. The van der Waals surface area contributed by atoms with Gasteiger partial charge in [0.1, 0.15) is 0 Å². The normalized spacial score (nSPS) is 14.1. The van der Waals surface area contributed by atoms with Crippen molar-refractivity contribution in [3.63, 3.8) is 0 Å². The number of hydrogen-bond donors (Lipinski definition) is 4. The number of benzene rings is 2. The third-order valence-electron chi connectivity index (χ3n) is 4.59. The minimum Gasteiger partial charge on any atom is -0.454 e. The monoisotopic (exact) mass is 399 g/mol. The summed E-state index contributed by atoms with van der Waals surface area (Å²) in [6.45, 7) is 0.181. The molecule has 0 saturated heterocycles. The van der Waals surface area contributed by atoms with Gasteiger partial charge in [-0.15, -0.1) is 0 Å². The number of ether oxygens (including phenoxy) is 2. The second-order valence-electron chi connectivity index (χ2n) is 6.71. The average molecular weight is 399 g/mol. The minimum absolute atomic E-state index is 0.0104. The van der Waals surface area contributed by atoms with Gasteiger partial charge in [0.15, 0.2) is 11.5 Å². The van der Waals surface area contributed by atoms with Crippen LogP contribution in [0, 0.1) is 0 Å². The summed E-state index contributed by atoms with van der Waals surface area (Å²) >= 11 is 0. The molecule has 4 N–H and O–H groups in total. The molecule has 154 valence electrons. The molecule has 29 heavy (non-hydrogen) atoms.